The third-order valence-corrected chi connectivity index (χ3v) is 4.27. The highest BCUT2D eigenvalue weighted by atomic mass is 16.7. The molecule has 0 fully saturated rings. The predicted molar refractivity (Wildman–Crippen MR) is 102 cm³/mol. The van der Waals surface area contributed by atoms with E-state index in [1.54, 1.807) is 36.7 Å². The largest absolute Gasteiger partial charge is 0.454 e. The van der Waals surface area contributed by atoms with Crippen LogP contribution in [0.5, 0.6) is 11.5 Å². The second kappa shape index (κ2) is 7.91. The lowest BCUT2D eigenvalue weighted by molar-refractivity contribution is -0.116. The molecule has 3 heterocycles. The summed E-state index contributed by atoms with van der Waals surface area (Å²) in [5, 5.41) is 7.20. The molecule has 0 bridgehead atoms. The van der Waals surface area contributed by atoms with Crippen LogP contribution >= 0.6 is 0 Å². The third kappa shape index (κ3) is 4.01. The van der Waals surface area contributed by atoms with Crippen LogP contribution in [0.25, 0.3) is 11.3 Å². The van der Waals surface area contributed by atoms with E-state index in [2.05, 4.69) is 15.4 Å². The van der Waals surface area contributed by atoms with Crippen molar-refractivity contribution in [1.29, 1.82) is 0 Å². The molecule has 4 rings (SSSR count). The maximum Gasteiger partial charge on any atom is 0.266 e. The van der Waals surface area contributed by atoms with Crippen molar-refractivity contribution >= 4 is 11.6 Å². The summed E-state index contributed by atoms with van der Waals surface area (Å²) in [6.45, 7) is 0.541. The van der Waals surface area contributed by atoms with Crippen LogP contribution in [0.2, 0.25) is 0 Å². The Bertz CT molecular complexity index is 1050. The van der Waals surface area contributed by atoms with Crippen molar-refractivity contribution in [3.05, 3.63) is 65.2 Å². The number of nitrogens with one attached hydrogen (secondary N) is 1. The summed E-state index contributed by atoms with van der Waals surface area (Å²) >= 11 is 0. The molecule has 0 aliphatic carbocycles. The van der Waals surface area contributed by atoms with Crippen molar-refractivity contribution in [2.45, 2.75) is 19.4 Å². The number of aryl methyl sites for hydroxylation is 1. The molecule has 3 aromatic rings. The Kier molecular flexibility index (Phi) is 5.01. The van der Waals surface area contributed by atoms with Crippen LogP contribution in [0.4, 0.5) is 5.69 Å². The Labute approximate surface area is 160 Å². The number of carbonyl (C=O) groups excluding carboxylic acids is 1. The number of hydrogen-bond acceptors (Lipinski definition) is 6. The van der Waals surface area contributed by atoms with Crippen LogP contribution in [-0.4, -0.2) is 27.5 Å². The van der Waals surface area contributed by atoms with Crippen LogP contribution in [-0.2, 0) is 11.3 Å². The number of pyridine rings is 1. The fourth-order valence-electron chi connectivity index (χ4n) is 2.87. The van der Waals surface area contributed by atoms with Crippen molar-refractivity contribution in [3.63, 3.8) is 0 Å². The fraction of sp³-hybridized carbons (Fsp3) is 0.200. The van der Waals surface area contributed by atoms with E-state index in [4.69, 9.17) is 9.47 Å². The molecular weight excluding hydrogens is 360 g/mol. The lowest BCUT2D eigenvalue weighted by atomic mass is 10.2. The molecular formula is C20H18N4O4. The zero-order valence-electron chi connectivity index (χ0n) is 15.0. The molecule has 1 aliphatic rings. The van der Waals surface area contributed by atoms with Gasteiger partial charge in [0.05, 0.1) is 5.69 Å². The van der Waals surface area contributed by atoms with E-state index in [9.17, 15) is 9.59 Å². The van der Waals surface area contributed by atoms with Crippen LogP contribution in [0.15, 0.2) is 59.7 Å². The third-order valence-electron chi connectivity index (χ3n) is 4.27. The SMILES string of the molecule is O=C(CCCn1nc(-c2ccncc2)ccc1=O)Nc1ccc2c(c1)OCO2. The molecule has 2 aromatic heterocycles. The Balaban J connectivity index is 1.34. The zero-order valence-corrected chi connectivity index (χ0v) is 15.0. The van der Waals surface area contributed by atoms with E-state index in [1.165, 1.54) is 10.7 Å². The molecule has 142 valence electrons. The maximum atomic E-state index is 12.2. The molecule has 8 heteroatoms. The number of benzene rings is 1. The van der Waals surface area contributed by atoms with Gasteiger partial charge in [-0.2, -0.15) is 5.10 Å². The molecule has 0 spiro atoms. The average Bonchev–Trinajstić information content (AvgIpc) is 3.18. The second-order valence-corrected chi connectivity index (χ2v) is 6.24. The monoisotopic (exact) mass is 378 g/mol. The molecule has 0 radical (unpaired) electrons. The highest BCUT2D eigenvalue weighted by Crippen LogP contribution is 2.34. The normalized spacial score (nSPS) is 12.0. The molecule has 1 aliphatic heterocycles. The Morgan fingerprint density at radius 3 is 2.75 bits per heavy atom. The summed E-state index contributed by atoms with van der Waals surface area (Å²) in [7, 11) is 0. The molecule has 1 N–H and O–H groups in total. The van der Waals surface area contributed by atoms with E-state index in [-0.39, 0.29) is 24.7 Å². The number of aromatic nitrogens is 3. The van der Waals surface area contributed by atoms with Gasteiger partial charge in [0.1, 0.15) is 0 Å². The maximum absolute atomic E-state index is 12.2. The van der Waals surface area contributed by atoms with Gasteiger partial charge in [-0.1, -0.05) is 0 Å². The number of nitrogens with zero attached hydrogens (tertiary/aromatic N) is 3. The minimum absolute atomic E-state index is 0.141. The highest BCUT2D eigenvalue weighted by Gasteiger charge is 2.14. The standard InChI is InChI=1S/C20H18N4O4/c25-19(22-15-3-5-17-18(12-15)28-13-27-17)2-1-11-24-20(26)6-4-16(23-24)14-7-9-21-10-8-14/h3-10,12H,1-2,11,13H2,(H,22,25). The summed E-state index contributed by atoms with van der Waals surface area (Å²) in [6.07, 6.45) is 4.10. The first-order valence-corrected chi connectivity index (χ1v) is 8.87. The first kappa shape index (κ1) is 17.7. The summed E-state index contributed by atoms with van der Waals surface area (Å²) in [6, 6.07) is 12.1. The van der Waals surface area contributed by atoms with Crippen LogP contribution in [0, 0.1) is 0 Å². The van der Waals surface area contributed by atoms with E-state index in [1.807, 2.05) is 12.1 Å². The Morgan fingerprint density at radius 1 is 1.07 bits per heavy atom. The smallest absolute Gasteiger partial charge is 0.266 e. The minimum atomic E-state index is -0.200. The Hall–Kier alpha value is -3.68. The van der Waals surface area contributed by atoms with Gasteiger partial charge in [-0.15, -0.1) is 0 Å². The van der Waals surface area contributed by atoms with Gasteiger partial charge in [0, 0.05) is 48.7 Å². The number of rotatable bonds is 6. The van der Waals surface area contributed by atoms with E-state index < -0.39 is 0 Å². The van der Waals surface area contributed by atoms with Crippen molar-refractivity contribution in [1.82, 2.24) is 14.8 Å². The van der Waals surface area contributed by atoms with E-state index in [0.717, 1.165) is 5.56 Å². The van der Waals surface area contributed by atoms with Gasteiger partial charge in [0.2, 0.25) is 12.7 Å². The number of ether oxygens (including phenoxy) is 2. The number of anilines is 1. The first-order chi connectivity index (χ1) is 13.7. The predicted octanol–water partition coefficient (Wildman–Crippen LogP) is 2.45. The summed E-state index contributed by atoms with van der Waals surface area (Å²) in [5.74, 6) is 1.14. The number of fused-ring (bicyclic) bond motifs is 1. The molecule has 0 atom stereocenters. The molecule has 8 nitrogen and oxygen atoms in total. The lowest BCUT2D eigenvalue weighted by Gasteiger charge is -2.08. The van der Waals surface area contributed by atoms with Crippen molar-refractivity contribution < 1.29 is 14.3 Å². The summed E-state index contributed by atoms with van der Waals surface area (Å²) in [4.78, 5) is 28.2. The first-order valence-electron chi connectivity index (χ1n) is 8.87. The second-order valence-electron chi connectivity index (χ2n) is 6.24. The van der Waals surface area contributed by atoms with Gasteiger partial charge in [0.25, 0.3) is 5.56 Å². The zero-order chi connectivity index (χ0) is 19.3. The van der Waals surface area contributed by atoms with Crippen LogP contribution in [0.3, 0.4) is 0 Å². The highest BCUT2D eigenvalue weighted by molar-refractivity contribution is 5.91. The van der Waals surface area contributed by atoms with Gasteiger partial charge in [-0.25, -0.2) is 4.68 Å². The fourth-order valence-corrected chi connectivity index (χ4v) is 2.87. The van der Waals surface area contributed by atoms with Crippen LogP contribution < -0.4 is 20.3 Å². The van der Waals surface area contributed by atoms with Crippen molar-refractivity contribution in [3.8, 4) is 22.8 Å². The van der Waals surface area contributed by atoms with Crippen molar-refractivity contribution in [2.75, 3.05) is 12.1 Å². The minimum Gasteiger partial charge on any atom is -0.454 e. The summed E-state index contributed by atoms with van der Waals surface area (Å²) in [5.41, 5.74) is 2.01. The number of hydrogen-bond donors (Lipinski definition) is 1. The average molecular weight is 378 g/mol. The quantitative estimate of drug-likeness (QED) is 0.708. The molecule has 1 amide bonds. The Morgan fingerprint density at radius 2 is 1.89 bits per heavy atom. The van der Waals surface area contributed by atoms with Gasteiger partial charge in [0.15, 0.2) is 11.5 Å². The van der Waals surface area contributed by atoms with Gasteiger partial charge >= 0.3 is 0 Å². The topological polar surface area (TPSA) is 95.3 Å². The molecule has 0 saturated carbocycles. The lowest BCUT2D eigenvalue weighted by Crippen LogP contribution is -2.23. The van der Waals surface area contributed by atoms with Gasteiger partial charge < -0.3 is 14.8 Å². The van der Waals surface area contributed by atoms with E-state index in [0.29, 0.717) is 35.8 Å². The summed E-state index contributed by atoms with van der Waals surface area (Å²) < 4.78 is 11.9. The van der Waals surface area contributed by atoms with Crippen molar-refractivity contribution in [2.24, 2.45) is 0 Å². The van der Waals surface area contributed by atoms with Crippen LogP contribution in [0.1, 0.15) is 12.8 Å². The number of carbonyl (C=O) groups is 1. The number of amides is 1. The molecule has 0 unspecified atom stereocenters. The van der Waals surface area contributed by atoms with Gasteiger partial charge in [-0.3, -0.25) is 14.6 Å². The molecule has 28 heavy (non-hydrogen) atoms. The molecule has 0 saturated heterocycles. The van der Waals surface area contributed by atoms with Gasteiger partial charge in [-0.05, 0) is 36.8 Å². The van der Waals surface area contributed by atoms with E-state index >= 15 is 0 Å². The molecule has 1 aromatic carbocycles.